The van der Waals surface area contributed by atoms with E-state index in [0.29, 0.717) is 43.6 Å². The van der Waals surface area contributed by atoms with Gasteiger partial charge in [-0.05, 0) is 85.6 Å². The molecule has 2 aliphatic rings. The minimum atomic E-state index is -2.05. The summed E-state index contributed by atoms with van der Waals surface area (Å²) >= 11 is 0. The number of carbonyl (C=O) groups excluding carboxylic acids is 3. The summed E-state index contributed by atoms with van der Waals surface area (Å²) in [6.07, 6.45) is 3.31. The van der Waals surface area contributed by atoms with Crippen LogP contribution in [0.1, 0.15) is 28.8 Å². The summed E-state index contributed by atoms with van der Waals surface area (Å²) in [5.41, 5.74) is 2.71. The van der Waals surface area contributed by atoms with Crippen molar-refractivity contribution >= 4 is 17.7 Å². The van der Waals surface area contributed by atoms with E-state index in [-0.39, 0.29) is 24.1 Å². The fraction of sp³-hybridized carbons (Fsp3) is 0.281. The Morgan fingerprint density at radius 2 is 1.44 bits per heavy atom. The van der Waals surface area contributed by atoms with Crippen LogP contribution >= 0.6 is 0 Å². The Morgan fingerprint density at radius 1 is 0.878 bits per heavy atom. The number of Topliss-reactive ketones (excluding diaryl/α,β-unsaturated/α-hetero) is 1. The Kier molecular flexibility index (Phi) is 8.56. The molecule has 41 heavy (non-hydrogen) atoms. The number of methoxy groups -OCH3 is 1. The maximum absolute atomic E-state index is 13.2. The summed E-state index contributed by atoms with van der Waals surface area (Å²) in [5, 5.41) is 0. The van der Waals surface area contributed by atoms with E-state index in [9.17, 15) is 18.8 Å². The van der Waals surface area contributed by atoms with Crippen LogP contribution in [0.2, 0.25) is 0 Å². The first kappa shape index (κ1) is 28.2. The minimum absolute atomic E-state index is 0.0164. The van der Waals surface area contributed by atoms with Crippen LogP contribution in [0.4, 0.5) is 4.39 Å². The number of carbonyl (C=O) groups is 3. The standard InChI is InChI=1S/C32H30FNO7/c1-38-28-12-6-23(7-13-28)22-2-8-26(9-3-22)32(40-29(35)14-15-30(36)41-32)39-21-20-34-18-16-25(17-19-34)31(37)24-4-10-27(33)11-5-24/h2-15,25H,16-21H2,1H3. The van der Waals surface area contributed by atoms with Crippen molar-refractivity contribution in [2.45, 2.75) is 18.8 Å². The van der Waals surface area contributed by atoms with Gasteiger partial charge in [-0.15, -0.1) is 0 Å². The molecule has 0 saturated carbocycles. The Labute approximate surface area is 237 Å². The van der Waals surface area contributed by atoms with Gasteiger partial charge in [0, 0.05) is 30.2 Å². The van der Waals surface area contributed by atoms with Gasteiger partial charge in [0.05, 0.1) is 19.3 Å². The van der Waals surface area contributed by atoms with Gasteiger partial charge in [0.15, 0.2) is 5.78 Å². The molecule has 3 aromatic rings. The van der Waals surface area contributed by atoms with Crippen LogP contribution in [0.25, 0.3) is 11.1 Å². The lowest BCUT2D eigenvalue weighted by atomic mass is 9.89. The molecule has 0 aliphatic carbocycles. The van der Waals surface area contributed by atoms with Gasteiger partial charge >= 0.3 is 17.9 Å². The number of halogens is 1. The molecule has 3 aromatic carbocycles. The zero-order valence-electron chi connectivity index (χ0n) is 22.6. The normalized spacial score (nSPS) is 17.4. The maximum atomic E-state index is 13.2. The van der Waals surface area contributed by atoms with E-state index < -0.39 is 17.9 Å². The predicted molar refractivity (Wildman–Crippen MR) is 147 cm³/mol. The number of benzene rings is 3. The van der Waals surface area contributed by atoms with Crippen LogP contribution in [0.5, 0.6) is 5.75 Å². The first-order valence-corrected chi connectivity index (χ1v) is 13.4. The van der Waals surface area contributed by atoms with Gasteiger partial charge < -0.3 is 23.8 Å². The molecule has 8 nitrogen and oxygen atoms in total. The van der Waals surface area contributed by atoms with Crippen molar-refractivity contribution in [3.05, 3.63) is 102 Å². The Balaban J connectivity index is 1.24. The number of rotatable bonds is 9. The first-order chi connectivity index (χ1) is 19.8. The molecule has 2 heterocycles. The van der Waals surface area contributed by atoms with Crippen molar-refractivity contribution < 1.29 is 37.7 Å². The fourth-order valence-corrected chi connectivity index (χ4v) is 4.98. The summed E-state index contributed by atoms with van der Waals surface area (Å²) in [4.78, 5) is 39.7. The molecule has 0 radical (unpaired) electrons. The Hall–Kier alpha value is -4.34. The number of ketones is 1. The smallest absolute Gasteiger partial charge is 0.406 e. The summed E-state index contributed by atoms with van der Waals surface area (Å²) in [5.74, 6) is -3.34. The number of hydrogen-bond acceptors (Lipinski definition) is 8. The maximum Gasteiger partial charge on any atom is 0.406 e. The number of hydrogen-bond donors (Lipinski definition) is 0. The van der Waals surface area contributed by atoms with Crippen LogP contribution in [0.15, 0.2) is 84.9 Å². The van der Waals surface area contributed by atoms with Crippen molar-refractivity contribution in [2.75, 3.05) is 33.4 Å². The van der Waals surface area contributed by atoms with E-state index in [1.165, 1.54) is 24.3 Å². The largest absolute Gasteiger partial charge is 0.497 e. The number of likely N-dealkylation sites (tertiary alicyclic amines) is 1. The molecule has 0 atom stereocenters. The van der Waals surface area contributed by atoms with Gasteiger partial charge in [0.25, 0.3) is 0 Å². The molecule has 0 unspecified atom stereocenters. The van der Waals surface area contributed by atoms with Gasteiger partial charge in [-0.1, -0.05) is 24.3 Å². The van der Waals surface area contributed by atoms with Crippen LogP contribution < -0.4 is 4.74 Å². The lowest BCUT2D eigenvalue weighted by Crippen LogP contribution is -2.42. The van der Waals surface area contributed by atoms with Crippen molar-refractivity contribution in [1.82, 2.24) is 4.90 Å². The van der Waals surface area contributed by atoms with Gasteiger partial charge in [0.1, 0.15) is 11.6 Å². The molecule has 5 rings (SSSR count). The molecule has 0 N–H and O–H groups in total. The molecule has 0 amide bonds. The molecule has 1 saturated heterocycles. The number of esters is 2. The van der Waals surface area contributed by atoms with Gasteiger partial charge in [-0.25, -0.2) is 14.0 Å². The summed E-state index contributed by atoms with van der Waals surface area (Å²) in [7, 11) is 1.60. The molecule has 0 bridgehead atoms. The zero-order valence-corrected chi connectivity index (χ0v) is 22.6. The quantitative estimate of drug-likeness (QED) is 0.271. The third-order valence-corrected chi connectivity index (χ3v) is 7.27. The highest BCUT2D eigenvalue weighted by molar-refractivity contribution is 5.97. The highest BCUT2D eigenvalue weighted by atomic mass is 19.1. The Bertz CT molecular complexity index is 1390. The van der Waals surface area contributed by atoms with Crippen LogP contribution in [-0.2, 0) is 29.8 Å². The van der Waals surface area contributed by atoms with Gasteiger partial charge in [0.2, 0.25) is 0 Å². The van der Waals surface area contributed by atoms with Crippen molar-refractivity contribution in [2.24, 2.45) is 5.92 Å². The van der Waals surface area contributed by atoms with E-state index in [2.05, 4.69) is 4.90 Å². The van der Waals surface area contributed by atoms with Crippen LogP contribution in [0.3, 0.4) is 0 Å². The number of piperidine rings is 1. The minimum Gasteiger partial charge on any atom is -0.497 e. The molecule has 212 valence electrons. The molecular weight excluding hydrogens is 529 g/mol. The molecule has 9 heteroatoms. The SMILES string of the molecule is COc1ccc(-c2ccc(C3(OCCN4CCC(C(=O)c5ccc(F)cc5)CC4)OC(=O)C=CC(=O)O3)cc2)cc1. The van der Waals surface area contributed by atoms with E-state index >= 15 is 0 Å². The number of cyclic esters (lactones) is 2. The monoisotopic (exact) mass is 559 g/mol. The molecule has 0 aromatic heterocycles. The summed E-state index contributed by atoms with van der Waals surface area (Å²) < 4.78 is 35.5. The average Bonchev–Trinajstić information content (AvgIpc) is 3.15. The molecule has 2 aliphatic heterocycles. The van der Waals surface area contributed by atoms with Gasteiger partial charge in [-0.2, -0.15) is 0 Å². The van der Waals surface area contributed by atoms with Gasteiger partial charge in [-0.3, -0.25) is 4.79 Å². The van der Waals surface area contributed by atoms with Crippen molar-refractivity contribution in [3.8, 4) is 16.9 Å². The van der Waals surface area contributed by atoms with E-state index in [0.717, 1.165) is 29.0 Å². The van der Waals surface area contributed by atoms with E-state index in [1.54, 1.807) is 19.2 Å². The molecular formula is C32H30FNO7. The average molecular weight is 560 g/mol. The first-order valence-electron chi connectivity index (χ1n) is 13.4. The second-order valence-electron chi connectivity index (χ2n) is 9.87. The van der Waals surface area contributed by atoms with Crippen LogP contribution in [0, 0.1) is 11.7 Å². The zero-order chi connectivity index (χ0) is 28.8. The molecule has 1 fully saturated rings. The topological polar surface area (TPSA) is 91.4 Å². The molecule has 0 spiro atoms. The lowest BCUT2D eigenvalue weighted by Gasteiger charge is -2.34. The van der Waals surface area contributed by atoms with E-state index in [4.69, 9.17) is 18.9 Å². The summed E-state index contributed by atoms with van der Waals surface area (Å²) in [6, 6.07) is 20.2. The van der Waals surface area contributed by atoms with Crippen LogP contribution in [-0.4, -0.2) is 56.0 Å². The number of nitrogens with zero attached hydrogens (tertiary/aromatic N) is 1. The highest BCUT2D eigenvalue weighted by Gasteiger charge is 2.44. The second kappa shape index (κ2) is 12.4. The predicted octanol–water partition coefficient (Wildman–Crippen LogP) is 4.88. The van der Waals surface area contributed by atoms with E-state index in [1.807, 2.05) is 36.4 Å². The number of ether oxygens (including phenoxy) is 4. The Morgan fingerprint density at radius 3 is 2.00 bits per heavy atom. The second-order valence-corrected chi connectivity index (χ2v) is 9.87. The highest BCUT2D eigenvalue weighted by Crippen LogP contribution is 2.33. The summed E-state index contributed by atoms with van der Waals surface area (Å²) in [6.45, 7) is 1.88. The van der Waals surface area contributed by atoms with Crippen molar-refractivity contribution in [3.63, 3.8) is 0 Å². The van der Waals surface area contributed by atoms with Crippen molar-refractivity contribution in [1.29, 1.82) is 0 Å². The lowest BCUT2D eigenvalue weighted by molar-refractivity contribution is -0.352. The fourth-order valence-electron chi connectivity index (χ4n) is 4.98. The third kappa shape index (κ3) is 6.70. The third-order valence-electron chi connectivity index (χ3n) is 7.27.